The minimum atomic E-state index is -2.82. The second-order valence-electron chi connectivity index (χ2n) is 6.43. The van der Waals surface area contributed by atoms with Gasteiger partial charge in [-0.2, -0.15) is 0 Å². The average molecular weight is 288 g/mol. The zero-order valence-electron chi connectivity index (χ0n) is 12.4. The Morgan fingerprint density at radius 1 is 1.37 bits per heavy atom. The van der Waals surface area contributed by atoms with Gasteiger partial charge in [0.05, 0.1) is 11.5 Å². The highest BCUT2D eigenvalue weighted by Crippen LogP contribution is 2.25. The molecule has 0 radical (unpaired) electrons. The molecule has 2 rings (SSSR count). The molecule has 2 aliphatic rings. The van der Waals surface area contributed by atoms with Crippen molar-refractivity contribution in [1.29, 1.82) is 0 Å². The van der Waals surface area contributed by atoms with Crippen LogP contribution in [0.15, 0.2) is 0 Å². The standard InChI is InChI=1S/C14H28N2O2S/c1-4-12-9-16(14(8-15-12)11(2)3)13-6-5-7-19(17,18)10-13/h11-15H,4-10H2,1-3H3. The van der Waals surface area contributed by atoms with Crippen molar-refractivity contribution >= 4 is 9.84 Å². The van der Waals surface area contributed by atoms with Crippen molar-refractivity contribution in [2.24, 2.45) is 5.92 Å². The van der Waals surface area contributed by atoms with Crippen LogP contribution < -0.4 is 5.32 Å². The maximum Gasteiger partial charge on any atom is 0.151 e. The number of rotatable bonds is 3. The molecule has 1 N–H and O–H groups in total. The molecule has 0 aromatic rings. The van der Waals surface area contributed by atoms with E-state index in [1.807, 2.05) is 0 Å². The number of piperazine rings is 1. The van der Waals surface area contributed by atoms with Crippen LogP contribution in [0, 0.1) is 5.92 Å². The third kappa shape index (κ3) is 3.70. The van der Waals surface area contributed by atoms with Gasteiger partial charge in [0.15, 0.2) is 9.84 Å². The van der Waals surface area contributed by atoms with Crippen LogP contribution in [0.3, 0.4) is 0 Å². The normalized spacial score (nSPS) is 36.5. The summed E-state index contributed by atoms with van der Waals surface area (Å²) >= 11 is 0. The lowest BCUT2D eigenvalue weighted by Gasteiger charge is -2.47. The molecule has 5 heteroatoms. The summed E-state index contributed by atoms with van der Waals surface area (Å²) in [5, 5.41) is 3.60. The van der Waals surface area contributed by atoms with Gasteiger partial charge in [0.1, 0.15) is 0 Å². The zero-order chi connectivity index (χ0) is 14.0. The van der Waals surface area contributed by atoms with Crippen molar-refractivity contribution in [3.63, 3.8) is 0 Å². The molecule has 3 unspecified atom stereocenters. The lowest BCUT2D eigenvalue weighted by Crippen LogP contribution is -2.62. The molecule has 2 saturated heterocycles. The Kier molecular flexibility index (Phi) is 4.90. The van der Waals surface area contributed by atoms with E-state index in [-0.39, 0.29) is 6.04 Å². The van der Waals surface area contributed by atoms with Crippen molar-refractivity contribution in [2.75, 3.05) is 24.6 Å². The summed E-state index contributed by atoms with van der Waals surface area (Å²) in [5.41, 5.74) is 0. The molecule has 4 nitrogen and oxygen atoms in total. The number of nitrogens with one attached hydrogen (secondary N) is 1. The Morgan fingerprint density at radius 3 is 2.68 bits per heavy atom. The predicted octanol–water partition coefficient (Wildman–Crippen LogP) is 1.27. The first-order valence-corrected chi connectivity index (χ1v) is 9.44. The molecule has 0 amide bonds. The molecule has 0 aromatic heterocycles. The molecule has 0 spiro atoms. The van der Waals surface area contributed by atoms with Gasteiger partial charge < -0.3 is 5.32 Å². The fraction of sp³-hybridized carbons (Fsp3) is 1.00. The highest BCUT2D eigenvalue weighted by Gasteiger charge is 2.37. The van der Waals surface area contributed by atoms with Crippen LogP contribution in [0.5, 0.6) is 0 Å². The number of nitrogens with zero attached hydrogens (tertiary/aromatic N) is 1. The molecule has 112 valence electrons. The van der Waals surface area contributed by atoms with E-state index in [2.05, 4.69) is 31.0 Å². The van der Waals surface area contributed by atoms with E-state index in [1.54, 1.807) is 0 Å². The predicted molar refractivity (Wildman–Crippen MR) is 79.1 cm³/mol. The zero-order valence-corrected chi connectivity index (χ0v) is 13.2. The quantitative estimate of drug-likeness (QED) is 0.850. The van der Waals surface area contributed by atoms with Gasteiger partial charge in [0.2, 0.25) is 0 Å². The first kappa shape index (κ1) is 15.3. The van der Waals surface area contributed by atoms with Crippen LogP contribution in [0.25, 0.3) is 0 Å². The monoisotopic (exact) mass is 288 g/mol. The van der Waals surface area contributed by atoms with Crippen LogP contribution in [0.1, 0.15) is 40.0 Å². The minimum absolute atomic E-state index is 0.238. The molecule has 0 aromatic carbocycles. The van der Waals surface area contributed by atoms with Crippen molar-refractivity contribution in [2.45, 2.75) is 58.2 Å². The molecule has 2 fully saturated rings. The third-order valence-electron chi connectivity index (χ3n) is 4.64. The van der Waals surface area contributed by atoms with Crippen molar-refractivity contribution in [3.05, 3.63) is 0 Å². The van der Waals surface area contributed by atoms with Gasteiger partial charge in [-0.15, -0.1) is 0 Å². The SMILES string of the molecule is CCC1CN(C2CCCS(=O)(=O)C2)C(C(C)C)CN1. The lowest BCUT2D eigenvalue weighted by atomic mass is 9.95. The van der Waals surface area contributed by atoms with E-state index in [9.17, 15) is 8.42 Å². The maximum absolute atomic E-state index is 11.9. The van der Waals surface area contributed by atoms with E-state index in [0.29, 0.717) is 29.5 Å². The molecule has 2 heterocycles. The van der Waals surface area contributed by atoms with Crippen molar-refractivity contribution in [1.82, 2.24) is 10.2 Å². The van der Waals surface area contributed by atoms with Crippen LogP contribution >= 0.6 is 0 Å². The van der Waals surface area contributed by atoms with Gasteiger partial charge >= 0.3 is 0 Å². The fourth-order valence-corrected chi connectivity index (χ4v) is 5.15. The molecule has 2 aliphatic heterocycles. The maximum atomic E-state index is 11.9. The molecule has 0 saturated carbocycles. The Hall–Kier alpha value is -0.130. The molecule has 0 bridgehead atoms. The van der Waals surface area contributed by atoms with Crippen LogP contribution in [0.2, 0.25) is 0 Å². The second kappa shape index (κ2) is 6.10. The van der Waals surface area contributed by atoms with Crippen LogP contribution in [0.4, 0.5) is 0 Å². The Balaban J connectivity index is 2.12. The summed E-state index contributed by atoms with van der Waals surface area (Å²) in [6.45, 7) is 8.67. The van der Waals surface area contributed by atoms with E-state index in [0.717, 1.165) is 32.4 Å². The molecular formula is C14H28N2O2S. The number of sulfone groups is 1. The topological polar surface area (TPSA) is 49.4 Å². The summed E-state index contributed by atoms with van der Waals surface area (Å²) in [6, 6.07) is 1.23. The summed E-state index contributed by atoms with van der Waals surface area (Å²) in [6.07, 6.45) is 2.98. The number of hydrogen-bond acceptors (Lipinski definition) is 4. The highest BCUT2D eigenvalue weighted by atomic mass is 32.2. The van der Waals surface area contributed by atoms with Crippen molar-refractivity contribution in [3.8, 4) is 0 Å². The van der Waals surface area contributed by atoms with E-state index in [4.69, 9.17) is 0 Å². The summed E-state index contributed by atoms with van der Waals surface area (Å²) < 4.78 is 23.8. The van der Waals surface area contributed by atoms with Crippen LogP contribution in [-0.4, -0.2) is 56.0 Å². The van der Waals surface area contributed by atoms with E-state index in [1.165, 1.54) is 0 Å². The molecule has 0 aliphatic carbocycles. The number of hydrogen-bond donors (Lipinski definition) is 1. The Bertz CT molecular complexity index is 394. The van der Waals surface area contributed by atoms with Gasteiger partial charge in [-0.1, -0.05) is 20.8 Å². The van der Waals surface area contributed by atoms with Gasteiger partial charge in [-0.3, -0.25) is 4.90 Å². The Labute approximate surface area is 117 Å². The van der Waals surface area contributed by atoms with Gasteiger partial charge in [-0.05, 0) is 25.2 Å². The third-order valence-corrected chi connectivity index (χ3v) is 6.45. The van der Waals surface area contributed by atoms with Crippen LogP contribution in [-0.2, 0) is 9.84 Å². The first-order valence-electron chi connectivity index (χ1n) is 7.62. The van der Waals surface area contributed by atoms with E-state index >= 15 is 0 Å². The van der Waals surface area contributed by atoms with Crippen molar-refractivity contribution < 1.29 is 8.42 Å². The first-order chi connectivity index (χ1) is 8.93. The smallest absolute Gasteiger partial charge is 0.151 e. The molecular weight excluding hydrogens is 260 g/mol. The highest BCUT2D eigenvalue weighted by molar-refractivity contribution is 7.91. The van der Waals surface area contributed by atoms with Gasteiger partial charge in [0, 0.05) is 31.2 Å². The molecule has 19 heavy (non-hydrogen) atoms. The molecule has 3 atom stereocenters. The van der Waals surface area contributed by atoms with Gasteiger partial charge in [0.25, 0.3) is 0 Å². The van der Waals surface area contributed by atoms with E-state index < -0.39 is 9.84 Å². The summed E-state index contributed by atoms with van der Waals surface area (Å²) in [7, 11) is -2.82. The average Bonchev–Trinajstić information content (AvgIpc) is 2.36. The minimum Gasteiger partial charge on any atom is -0.311 e. The summed E-state index contributed by atoms with van der Waals surface area (Å²) in [4.78, 5) is 2.49. The summed E-state index contributed by atoms with van der Waals surface area (Å²) in [5.74, 6) is 1.32. The fourth-order valence-electron chi connectivity index (χ4n) is 3.43. The largest absolute Gasteiger partial charge is 0.311 e. The second-order valence-corrected chi connectivity index (χ2v) is 8.66. The lowest BCUT2D eigenvalue weighted by molar-refractivity contribution is 0.0575. The Morgan fingerprint density at radius 2 is 2.11 bits per heavy atom. The van der Waals surface area contributed by atoms with Gasteiger partial charge in [-0.25, -0.2) is 8.42 Å².